The summed E-state index contributed by atoms with van der Waals surface area (Å²) in [5.74, 6) is 0.145. The number of fused-ring (bicyclic) bond motifs is 1. The molecule has 1 amide bonds. The van der Waals surface area contributed by atoms with Gasteiger partial charge in [0, 0.05) is 42.2 Å². The van der Waals surface area contributed by atoms with E-state index in [1.54, 1.807) is 27.9 Å². The minimum Gasteiger partial charge on any atom is -0.506 e. The fourth-order valence-electron chi connectivity index (χ4n) is 4.48. The second-order valence-electron chi connectivity index (χ2n) is 7.78. The lowest BCUT2D eigenvalue weighted by Crippen LogP contribution is -2.37. The summed E-state index contributed by atoms with van der Waals surface area (Å²) in [5, 5.41) is 24.0. The van der Waals surface area contributed by atoms with Gasteiger partial charge in [-0.25, -0.2) is 4.52 Å². The molecule has 0 spiro atoms. The molecule has 4 heterocycles. The van der Waals surface area contributed by atoms with Crippen LogP contribution < -0.4 is 4.90 Å². The van der Waals surface area contributed by atoms with Gasteiger partial charge in [-0.2, -0.15) is 10.4 Å². The summed E-state index contributed by atoms with van der Waals surface area (Å²) in [6.45, 7) is 2.52. The molecule has 5 rings (SSSR count). The van der Waals surface area contributed by atoms with Gasteiger partial charge in [-0.15, -0.1) is 0 Å². The van der Waals surface area contributed by atoms with Gasteiger partial charge in [0.2, 0.25) is 5.91 Å². The lowest BCUT2D eigenvalue weighted by atomic mass is 9.75. The first-order chi connectivity index (χ1) is 13.5. The summed E-state index contributed by atoms with van der Waals surface area (Å²) in [6.07, 6.45) is 8.45. The van der Waals surface area contributed by atoms with E-state index in [-0.39, 0.29) is 23.5 Å². The molecule has 2 aliphatic rings. The van der Waals surface area contributed by atoms with E-state index in [9.17, 15) is 15.2 Å². The Labute approximate surface area is 161 Å². The van der Waals surface area contributed by atoms with Crippen LogP contribution in [0.3, 0.4) is 0 Å². The van der Waals surface area contributed by atoms with Crippen molar-refractivity contribution in [3.05, 3.63) is 43.0 Å². The molecule has 1 N–H and O–H groups in total. The molecular formula is C21H19N5O2. The lowest BCUT2D eigenvalue weighted by molar-refractivity contribution is -0.124. The van der Waals surface area contributed by atoms with Crippen molar-refractivity contribution in [2.45, 2.75) is 19.8 Å². The maximum absolute atomic E-state index is 13.3. The van der Waals surface area contributed by atoms with Crippen LogP contribution in [0.15, 0.2) is 43.0 Å². The Morgan fingerprint density at radius 2 is 2.11 bits per heavy atom. The van der Waals surface area contributed by atoms with Crippen LogP contribution in [0.25, 0.3) is 16.6 Å². The Balaban J connectivity index is 1.60. The van der Waals surface area contributed by atoms with Crippen LogP contribution in [0.2, 0.25) is 0 Å². The van der Waals surface area contributed by atoms with Crippen molar-refractivity contribution in [2.75, 3.05) is 11.4 Å². The first-order valence-electron chi connectivity index (χ1n) is 9.39. The Morgan fingerprint density at radius 1 is 1.29 bits per heavy atom. The fraction of sp³-hybridized carbons (Fsp3) is 0.333. The van der Waals surface area contributed by atoms with E-state index >= 15 is 0 Å². The third-order valence-corrected chi connectivity index (χ3v) is 6.07. The zero-order chi connectivity index (χ0) is 19.5. The average molecular weight is 373 g/mol. The van der Waals surface area contributed by atoms with Gasteiger partial charge in [0.1, 0.15) is 11.2 Å². The number of rotatable bonds is 3. The quantitative estimate of drug-likeness (QED) is 0.761. The molecule has 1 saturated heterocycles. The van der Waals surface area contributed by atoms with Crippen LogP contribution in [0.5, 0.6) is 5.75 Å². The summed E-state index contributed by atoms with van der Waals surface area (Å²) < 4.78 is 1.72. The van der Waals surface area contributed by atoms with Crippen LogP contribution in [0.1, 0.15) is 19.8 Å². The highest BCUT2D eigenvalue weighted by Gasteiger charge is 2.61. The summed E-state index contributed by atoms with van der Waals surface area (Å²) in [7, 11) is 0. The zero-order valence-electron chi connectivity index (χ0n) is 15.4. The highest BCUT2D eigenvalue weighted by atomic mass is 16.3. The minimum absolute atomic E-state index is 0.0181. The molecule has 0 radical (unpaired) electrons. The van der Waals surface area contributed by atoms with Gasteiger partial charge in [0.05, 0.1) is 23.5 Å². The van der Waals surface area contributed by atoms with Crippen molar-refractivity contribution >= 4 is 17.1 Å². The van der Waals surface area contributed by atoms with Gasteiger partial charge in [0.15, 0.2) is 0 Å². The molecule has 3 aromatic rings. The molecule has 1 saturated carbocycles. The number of carbonyl (C=O) groups is 1. The lowest BCUT2D eigenvalue weighted by Gasteiger charge is -2.23. The monoisotopic (exact) mass is 373 g/mol. The maximum atomic E-state index is 13.3. The summed E-state index contributed by atoms with van der Waals surface area (Å²) in [4.78, 5) is 19.1. The molecular weight excluding hydrogens is 354 g/mol. The molecule has 28 heavy (non-hydrogen) atoms. The van der Waals surface area contributed by atoms with E-state index in [1.807, 2.05) is 25.3 Å². The topological polar surface area (TPSA) is 94.5 Å². The van der Waals surface area contributed by atoms with Gasteiger partial charge in [-0.1, -0.05) is 6.92 Å². The molecule has 7 heteroatoms. The Bertz CT molecular complexity index is 1140. The molecule has 0 bridgehead atoms. The van der Waals surface area contributed by atoms with Gasteiger partial charge < -0.3 is 10.0 Å². The van der Waals surface area contributed by atoms with Crippen LogP contribution >= 0.6 is 0 Å². The molecule has 2 fully saturated rings. The van der Waals surface area contributed by atoms with E-state index in [2.05, 4.69) is 16.2 Å². The highest BCUT2D eigenvalue weighted by Crippen LogP contribution is 2.54. The number of hydrogen-bond acceptors (Lipinski definition) is 5. The predicted octanol–water partition coefficient (Wildman–Crippen LogP) is 3.00. The Hall–Kier alpha value is -3.40. The first-order valence-corrected chi connectivity index (χ1v) is 9.39. The molecule has 0 aromatic carbocycles. The largest absolute Gasteiger partial charge is 0.506 e. The smallest absolute Gasteiger partial charge is 0.248 e. The summed E-state index contributed by atoms with van der Waals surface area (Å²) in [5.41, 5.74) is 2.23. The van der Waals surface area contributed by atoms with E-state index in [1.165, 1.54) is 6.20 Å². The van der Waals surface area contributed by atoms with Crippen molar-refractivity contribution in [1.29, 1.82) is 5.26 Å². The number of carbonyl (C=O) groups excluding carboxylic acids is 1. The van der Waals surface area contributed by atoms with Crippen molar-refractivity contribution in [1.82, 2.24) is 14.6 Å². The standard InChI is InChI=1S/C21H19N5O2/c1-13-10-25(20(28)21(13,12-22)16-2-3-16)18-4-5-24-26-11-15(7-19(18)26)14-6-17(27)9-23-8-14/h4-9,11,13,16,27H,2-3,10H2,1H3/t13-,21+/m1/s1. The second-order valence-corrected chi connectivity index (χ2v) is 7.78. The van der Waals surface area contributed by atoms with Crippen LogP contribution in [0, 0.1) is 28.6 Å². The number of nitriles is 1. The van der Waals surface area contributed by atoms with Crippen LogP contribution in [-0.2, 0) is 4.79 Å². The number of hydrogen-bond donors (Lipinski definition) is 1. The van der Waals surface area contributed by atoms with Crippen molar-refractivity contribution in [3.8, 4) is 22.9 Å². The number of nitrogens with zero attached hydrogens (tertiary/aromatic N) is 5. The van der Waals surface area contributed by atoms with Gasteiger partial charge in [-0.05, 0) is 37.0 Å². The number of pyridine rings is 1. The molecule has 140 valence electrons. The van der Waals surface area contributed by atoms with Crippen molar-refractivity contribution in [3.63, 3.8) is 0 Å². The van der Waals surface area contributed by atoms with Crippen molar-refractivity contribution in [2.24, 2.45) is 17.3 Å². The van der Waals surface area contributed by atoms with E-state index in [0.29, 0.717) is 6.54 Å². The summed E-state index contributed by atoms with van der Waals surface area (Å²) >= 11 is 0. The highest BCUT2D eigenvalue weighted by molar-refractivity contribution is 6.05. The van der Waals surface area contributed by atoms with E-state index < -0.39 is 5.41 Å². The third-order valence-electron chi connectivity index (χ3n) is 6.07. The fourth-order valence-corrected chi connectivity index (χ4v) is 4.48. The average Bonchev–Trinajstić information content (AvgIpc) is 3.38. The number of amides is 1. The Morgan fingerprint density at radius 3 is 2.82 bits per heavy atom. The number of aromatic hydroxyl groups is 1. The van der Waals surface area contributed by atoms with Gasteiger partial charge >= 0.3 is 0 Å². The van der Waals surface area contributed by atoms with Gasteiger partial charge in [0.25, 0.3) is 0 Å². The normalized spacial score (nSPS) is 24.6. The summed E-state index contributed by atoms with van der Waals surface area (Å²) in [6, 6.07) is 7.77. The molecule has 7 nitrogen and oxygen atoms in total. The second kappa shape index (κ2) is 5.80. The molecule has 3 aromatic heterocycles. The van der Waals surface area contributed by atoms with E-state index in [0.717, 1.165) is 35.2 Å². The Kier molecular flexibility index (Phi) is 3.47. The minimum atomic E-state index is -0.912. The molecule has 1 aliphatic heterocycles. The molecule has 0 unspecified atom stereocenters. The SMILES string of the molecule is C[C@@H]1CN(c2ccnn3cc(-c4cncc(O)c4)cc23)C(=O)[C@]1(C#N)C1CC1. The third kappa shape index (κ3) is 2.24. The van der Waals surface area contributed by atoms with Gasteiger partial charge in [-0.3, -0.25) is 9.78 Å². The predicted molar refractivity (Wildman–Crippen MR) is 102 cm³/mol. The molecule has 2 atom stereocenters. The first kappa shape index (κ1) is 16.8. The zero-order valence-corrected chi connectivity index (χ0v) is 15.4. The van der Waals surface area contributed by atoms with Crippen LogP contribution in [-0.4, -0.2) is 32.2 Å². The van der Waals surface area contributed by atoms with E-state index in [4.69, 9.17) is 0 Å². The maximum Gasteiger partial charge on any atom is 0.248 e. The number of anilines is 1. The molecule has 1 aliphatic carbocycles. The van der Waals surface area contributed by atoms with Crippen LogP contribution in [0.4, 0.5) is 5.69 Å². The van der Waals surface area contributed by atoms with Crippen molar-refractivity contribution < 1.29 is 9.90 Å². The number of aromatic nitrogens is 3.